The molecule has 3 heterocycles. The zero-order valence-electron chi connectivity index (χ0n) is 21.9. The van der Waals surface area contributed by atoms with Crippen LogP contribution in [0, 0.1) is 6.92 Å². The van der Waals surface area contributed by atoms with Crippen LogP contribution < -0.4 is 10.6 Å². The van der Waals surface area contributed by atoms with Crippen molar-refractivity contribution in [3.8, 4) is 0 Å². The quantitative estimate of drug-likeness (QED) is 0.280. The Morgan fingerprint density at radius 1 is 1.14 bits per heavy atom. The van der Waals surface area contributed by atoms with Crippen molar-refractivity contribution in [3.63, 3.8) is 0 Å². The number of hydrogen-bond acceptors (Lipinski definition) is 8. The number of anilines is 2. The van der Waals surface area contributed by atoms with Crippen LogP contribution in [0.2, 0.25) is 0 Å². The number of nitrogens with zero attached hydrogens (tertiary/aromatic N) is 4. The van der Waals surface area contributed by atoms with Crippen LogP contribution in [0.3, 0.4) is 0 Å². The lowest BCUT2D eigenvalue weighted by Gasteiger charge is -2.24. The maximum atomic E-state index is 12.1. The summed E-state index contributed by atoms with van der Waals surface area (Å²) in [6, 6.07) is 11.2. The highest BCUT2D eigenvalue weighted by Crippen LogP contribution is 2.22. The first-order chi connectivity index (χ1) is 18.0. The fourth-order valence-corrected chi connectivity index (χ4v) is 4.74. The van der Waals surface area contributed by atoms with E-state index in [-0.39, 0.29) is 0 Å². The van der Waals surface area contributed by atoms with Gasteiger partial charge in [0.15, 0.2) is 0 Å². The van der Waals surface area contributed by atoms with E-state index in [0.717, 1.165) is 67.7 Å². The van der Waals surface area contributed by atoms with Gasteiger partial charge < -0.3 is 25.4 Å². The molecule has 0 unspecified atom stereocenters. The maximum Gasteiger partial charge on any atom is 0.326 e. The summed E-state index contributed by atoms with van der Waals surface area (Å²) in [7, 11) is 1.69. The Morgan fingerprint density at radius 3 is 2.84 bits per heavy atom. The molecule has 0 bridgehead atoms. The number of ether oxygens (including phenoxy) is 1. The third-order valence-corrected chi connectivity index (χ3v) is 6.78. The van der Waals surface area contributed by atoms with E-state index in [1.807, 2.05) is 31.2 Å². The van der Waals surface area contributed by atoms with E-state index in [2.05, 4.69) is 37.6 Å². The average molecular weight is 507 g/mol. The number of unbranched alkanes of at least 4 members (excludes halogenated alkanes) is 1. The van der Waals surface area contributed by atoms with Gasteiger partial charge in [-0.25, -0.2) is 19.7 Å². The van der Waals surface area contributed by atoms with Crippen molar-refractivity contribution in [2.24, 2.45) is 0 Å². The van der Waals surface area contributed by atoms with Crippen molar-refractivity contribution < 1.29 is 14.6 Å². The molecule has 0 saturated carbocycles. The van der Waals surface area contributed by atoms with E-state index in [1.165, 1.54) is 12.0 Å². The number of hydrogen-bond donors (Lipinski definition) is 3. The van der Waals surface area contributed by atoms with Crippen LogP contribution in [0.1, 0.15) is 42.8 Å². The first-order valence-corrected chi connectivity index (χ1v) is 13.2. The van der Waals surface area contributed by atoms with Crippen LogP contribution in [0.5, 0.6) is 0 Å². The number of rotatable bonds is 14. The van der Waals surface area contributed by atoms with E-state index in [0.29, 0.717) is 31.2 Å². The van der Waals surface area contributed by atoms with E-state index in [4.69, 9.17) is 9.72 Å². The number of carboxylic acids is 1. The topological polar surface area (TPSA) is 113 Å². The predicted octanol–water partition coefficient (Wildman–Crippen LogP) is 3.92. The molecule has 0 saturated heterocycles. The van der Waals surface area contributed by atoms with Crippen molar-refractivity contribution in [1.82, 2.24) is 19.9 Å². The highest BCUT2D eigenvalue weighted by molar-refractivity contribution is 5.90. The lowest BCUT2D eigenvalue weighted by Crippen LogP contribution is -2.37. The Hall–Kier alpha value is -3.30. The molecule has 0 aliphatic carbocycles. The summed E-state index contributed by atoms with van der Waals surface area (Å²) < 4.78 is 5.30. The molecule has 0 fully saturated rings. The van der Waals surface area contributed by atoms with E-state index >= 15 is 0 Å². The molecule has 9 heteroatoms. The molecule has 1 aliphatic heterocycles. The second-order valence-electron chi connectivity index (χ2n) is 9.59. The summed E-state index contributed by atoms with van der Waals surface area (Å²) in [6.45, 7) is 5.72. The van der Waals surface area contributed by atoms with E-state index in [1.54, 1.807) is 7.11 Å². The highest BCUT2D eigenvalue weighted by Gasteiger charge is 2.21. The first-order valence-electron chi connectivity index (χ1n) is 13.2. The number of carbonyl (C=O) groups is 1. The lowest BCUT2D eigenvalue weighted by molar-refractivity contribution is -0.138. The molecule has 0 amide bonds. The number of pyridine rings is 1. The minimum Gasteiger partial charge on any atom is -0.480 e. The largest absolute Gasteiger partial charge is 0.480 e. The van der Waals surface area contributed by atoms with Crippen LogP contribution in [0.15, 0.2) is 36.4 Å². The Kier molecular flexibility index (Phi) is 9.62. The van der Waals surface area contributed by atoms with Gasteiger partial charge in [0.05, 0.1) is 12.1 Å². The monoisotopic (exact) mass is 506 g/mol. The maximum absolute atomic E-state index is 12.1. The number of carboxylic acid groups (broad SMARTS) is 1. The van der Waals surface area contributed by atoms with Crippen LogP contribution in [-0.2, 0) is 22.4 Å². The molecule has 37 heavy (non-hydrogen) atoms. The fourth-order valence-electron chi connectivity index (χ4n) is 4.74. The molecular formula is C28H38N6O3. The van der Waals surface area contributed by atoms with Gasteiger partial charge in [-0.1, -0.05) is 18.2 Å². The summed E-state index contributed by atoms with van der Waals surface area (Å²) in [6.07, 6.45) is 5.70. The van der Waals surface area contributed by atoms with Crippen molar-refractivity contribution in [2.75, 3.05) is 50.5 Å². The van der Waals surface area contributed by atoms with Gasteiger partial charge in [-0.2, -0.15) is 0 Å². The van der Waals surface area contributed by atoms with Gasteiger partial charge in [0.25, 0.3) is 0 Å². The molecule has 3 N–H and O–H groups in total. The number of aryl methyl sites for hydroxylation is 3. The molecule has 0 radical (unpaired) electrons. The normalized spacial score (nSPS) is 13.8. The minimum atomic E-state index is -0.890. The van der Waals surface area contributed by atoms with Gasteiger partial charge in [-0.05, 0) is 75.8 Å². The van der Waals surface area contributed by atoms with Crippen LogP contribution in [0.25, 0.3) is 10.9 Å². The van der Waals surface area contributed by atoms with Crippen LogP contribution >= 0.6 is 0 Å². The summed E-state index contributed by atoms with van der Waals surface area (Å²) in [5, 5.41) is 17.3. The van der Waals surface area contributed by atoms with Crippen LogP contribution in [-0.4, -0.2) is 76.9 Å². The van der Waals surface area contributed by atoms with Crippen molar-refractivity contribution in [1.29, 1.82) is 0 Å². The zero-order chi connectivity index (χ0) is 26.0. The second-order valence-corrected chi connectivity index (χ2v) is 9.59. The molecular weight excluding hydrogens is 468 g/mol. The zero-order valence-corrected chi connectivity index (χ0v) is 21.9. The first kappa shape index (κ1) is 26.8. The van der Waals surface area contributed by atoms with Gasteiger partial charge in [0.1, 0.15) is 23.5 Å². The van der Waals surface area contributed by atoms with Crippen molar-refractivity contribution in [2.45, 2.75) is 51.5 Å². The third kappa shape index (κ3) is 7.60. The van der Waals surface area contributed by atoms with E-state index < -0.39 is 12.0 Å². The highest BCUT2D eigenvalue weighted by atomic mass is 16.5. The molecule has 1 atom stereocenters. The number of nitrogens with one attached hydrogen (secondary N) is 2. The number of aromatic nitrogens is 3. The molecule has 2 aromatic heterocycles. The van der Waals surface area contributed by atoms with Gasteiger partial charge in [-0.15, -0.1) is 0 Å². The Labute approximate surface area is 218 Å². The summed E-state index contributed by atoms with van der Waals surface area (Å²) in [4.78, 5) is 28.1. The Balaban J connectivity index is 1.31. The smallest absolute Gasteiger partial charge is 0.326 e. The van der Waals surface area contributed by atoms with Gasteiger partial charge in [0, 0.05) is 37.8 Å². The van der Waals surface area contributed by atoms with E-state index in [9.17, 15) is 9.90 Å². The summed E-state index contributed by atoms with van der Waals surface area (Å²) in [5.74, 6) is 1.32. The van der Waals surface area contributed by atoms with Gasteiger partial charge in [-0.3, -0.25) is 0 Å². The molecule has 0 spiro atoms. The Morgan fingerprint density at radius 2 is 2.00 bits per heavy atom. The Bertz CT molecular complexity index is 1190. The third-order valence-electron chi connectivity index (χ3n) is 6.78. The SMILES string of the molecule is COCCN(CCCCc1ccc2c(n1)NCCC2)CC[C@H](Nc1nc(C)nc2ccccc12)C(=O)O. The summed E-state index contributed by atoms with van der Waals surface area (Å²) >= 11 is 0. The molecule has 198 valence electrons. The van der Waals surface area contributed by atoms with Crippen molar-refractivity contribution >= 4 is 28.5 Å². The fraction of sp³-hybridized carbons (Fsp3) is 0.500. The second kappa shape index (κ2) is 13.3. The minimum absolute atomic E-state index is 0.453. The van der Waals surface area contributed by atoms with Crippen LogP contribution in [0.4, 0.5) is 11.6 Å². The number of para-hydroxylation sites is 1. The average Bonchev–Trinajstić information content (AvgIpc) is 2.90. The molecule has 3 aromatic rings. The number of benzene rings is 1. The van der Waals surface area contributed by atoms with Crippen molar-refractivity contribution in [3.05, 3.63) is 53.5 Å². The lowest BCUT2D eigenvalue weighted by atomic mass is 10.1. The number of fused-ring (bicyclic) bond motifs is 2. The standard InChI is InChI=1S/C28H38N6O3/c1-20-30-24-11-4-3-10-23(24)27(31-20)33-25(28(35)36)14-17-34(18-19-37-2)16-6-5-9-22-13-12-21-8-7-15-29-26(21)32-22/h3-4,10-13,25H,5-9,14-19H2,1-2H3,(H,29,32)(H,35,36)(H,30,31,33)/t25-/m0/s1. The molecule has 1 aromatic carbocycles. The predicted molar refractivity (Wildman–Crippen MR) is 146 cm³/mol. The molecule has 1 aliphatic rings. The van der Waals surface area contributed by atoms with Gasteiger partial charge in [0.2, 0.25) is 0 Å². The molecule has 9 nitrogen and oxygen atoms in total. The van der Waals surface area contributed by atoms with Gasteiger partial charge >= 0.3 is 5.97 Å². The number of aliphatic carboxylic acids is 1. The molecule has 4 rings (SSSR count). The summed E-state index contributed by atoms with van der Waals surface area (Å²) in [5.41, 5.74) is 3.24. The number of methoxy groups -OCH3 is 1.